The number of aromatic nitrogens is 1. The molecule has 1 atom stereocenters. The van der Waals surface area contributed by atoms with Crippen LogP contribution < -0.4 is 10.6 Å². The summed E-state index contributed by atoms with van der Waals surface area (Å²) in [6.45, 7) is 2.57. The van der Waals surface area contributed by atoms with Gasteiger partial charge in [0.25, 0.3) is 0 Å². The van der Waals surface area contributed by atoms with E-state index in [0.717, 1.165) is 25.2 Å². The number of amides is 1. The number of anilines is 1. The topological polar surface area (TPSA) is 57.3 Å². The van der Waals surface area contributed by atoms with Crippen LogP contribution in [0.4, 0.5) is 10.1 Å². The number of nitrogens with one attached hydrogen (secondary N) is 2. The highest BCUT2D eigenvalue weighted by Gasteiger charge is 2.25. The Bertz CT molecular complexity index is 713. The first-order valence-electron chi connectivity index (χ1n) is 7.73. The van der Waals surface area contributed by atoms with Crippen molar-refractivity contribution in [2.45, 2.75) is 6.04 Å². The molecule has 0 radical (unpaired) electrons. The third-order valence-corrected chi connectivity index (χ3v) is 4.29. The Kier molecular flexibility index (Phi) is 5.40. The first-order chi connectivity index (χ1) is 11.6. The maximum absolute atomic E-state index is 13.1. The van der Waals surface area contributed by atoms with Crippen LogP contribution in [0.3, 0.4) is 0 Å². The molecule has 0 bridgehead atoms. The van der Waals surface area contributed by atoms with Crippen molar-refractivity contribution >= 4 is 23.2 Å². The van der Waals surface area contributed by atoms with E-state index in [9.17, 15) is 9.18 Å². The zero-order chi connectivity index (χ0) is 16.9. The molecule has 0 saturated carbocycles. The predicted molar refractivity (Wildman–Crippen MR) is 91.5 cm³/mol. The smallest absolute Gasteiger partial charge is 0.238 e. The van der Waals surface area contributed by atoms with Crippen molar-refractivity contribution in [3.8, 4) is 0 Å². The number of carbonyl (C=O) groups is 1. The van der Waals surface area contributed by atoms with Gasteiger partial charge in [0.15, 0.2) is 0 Å². The maximum Gasteiger partial charge on any atom is 0.238 e. The van der Waals surface area contributed by atoms with Crippen LogP contribution in [0.25, 0.3) is 0 Å². The van der Waals surface area contributed by atoms with Gasteiger partial charge >= 0.3 is 0 Å². The number of piperazine rings is 1. The van der Waals surface area contributed by atoms with E-state index in [-0.39, 0.29) is 23.5 Å². The SMILES string of the molecule is O=C(CN1CCNCC1c1cccnc1)Nc1ccc(F)cc1Cl. The fourth-order valence-electron chi connectivity index (χ4n) is 2.80. The molecule has 0 aliphatic carbocycles. The predicted octanol–water partition coefficient (Wildman–Crippen LogP) is 2.46. The lowest BCUT2D eigenvalue weighted by Crippen LogP contribution is -2.48. The molecular weight excluding hydrogens is 331 g/mol. The Morgan fingerprint density at radius 2 is 2.33 bits per heavy atom. The first kappa shape index (κ1) is 16.8. The van der Waals surface area contributed by atoms with Gasteiger partial charge in [0.05, 0.1) is 17.3 Å². The summed E-state index contributed by atoms with van der Waals surface area (Å²) < 4.78 is 13.1. The summed E-state index contributed by atoms with van der Waals surface area (Å²) in [5, 5.41) is 6.27. The van der Waals surface area contributed by atoms with Crippen LogP contribution in [-0.4, -0.2) is 42.0 Å². The van der Waals surface area contributed by atoms with E-state index in [0.29, 0.717) is 5.69 Å². The van der Waals surface area contributed by atoms with Crippen molar-refractivity contribution in [2.24, 2.45) is 0 Å². The number of pyridine rings is 1. The number of hydrogen-bond acceptors (Lipinski definition) is 4. The number of rotatable bonds is 4. The Hall–Kier alpha value is -2.02. The molecule has 5 nitrogen and oxygen atoms in total. The number of carbonyl (C=O) groups excluding carboxylic acids is 1. The molecule has 1 aliphatic heterocycles. The summed E-state index contributed by atoms with van der Waals surface area (Å²) in [7, 11) is 0. The molecule has 0 spiro atoms. The Morgan fingerprint density at radius 3 is 3.08 bits per heavy atom. The van der Waals surface area contributed by atoms with E-state index in [2.05, 4.69) is 20.5 Å². The molecule has 1 amide bonds. The van der Waals surface area contributed by atoms with Crippen LogP contribution in [0.1, 0.15) is 11.6 Å². The number of halogens is 2. The van der Waals surface area contributed by atoms with Gasteiger partial charge in [-0.1, -0.05) is 17.7 Å². The highest BCUT2D eigenvalue weighted by atomic mass is 35.5. The van der Waals surface area contributed by atoms with Crippen LogP contribution >= 0.6 is 11.6 Å². The average Bonchev–Trinajstić information content (AvgIpc) is 2.59. The third-order valence-electron chi connectivity index (χ3n) is 3.98. The van der Waals surface area contributed by atoms with Gasteiger partial charge in [-0.2, -0.15) is 0 Å². The Labute approximate surface area is 144 Å². The highest BCUT2D eigenvalue weighted by molar-refractivity contribution is 6.33. The molecule has 7 heteroatoms. The van der Waals surface area contributed by atoms with Crippen LogP contribution in [0.15, 0.2) is 42.7 Å². The van der Waals surface area contributed by atoms with Gasteiger partial charge in [-0.25, -0.2) is 4.39 Å². The van der Waals surface area contributed by atoms with Crippen LogP contribution in [0, 0.1) is 5.82 Å². The molecule has 1 aromatic carbocycles. The summed E-state index contributed by atoms with van der Waals surface area (Å²) in [4.78, 5) is 18.6. The summed E-state index contributed by atoms with van der Waals surface area (Å²) in [5.74, 6) is -0.615. The van der Waals surface area contributed by atoms with Crippen molar-refractivity contribution in [2.75, 3.05) is 31.5 Å². The number of hydrogen-bond donors (Lipinski definition) is 2. The minimum absolute atomic E-state index is 0.0851. The molecule has 1 aromatic heterocycles. The molecule has 24 heavy (non-hydrogen) atoms. The zero-order valence-electron chi connectivity index (χ0n) is 13.0. The monoisotopic (exact) mass is 348 g/mol. The fraction of sp³-hybridized carbons (Fsp3) is 0.294. The highest BCUT2D eigenvalue weighted by Crippen LogP contribution is 2.24. The zero-order valence-corrected chi connectivity index (χ0v) is 13.8. The van der Waals surface area contributed by atoms with Crippen LogP contribution in [0.5, 0.6) is 0 Å². The quantitative estimate of drug-likeness (QED) is 0.891. The van der Waals surface area contributed by atoms with Crippen molar-refractivity contribution in [3.05, 3.63) is 59.1 Å². The first-order valence-corrected chi connectivity index (χ1v) is 8.11. The third kappa shape index (κ3) is 4.08. The van der Waals surface area contributed by atoms with Gasteiger partial charge in [0.2, 0.25) is 5.91 Å². The second-order valence-corrected chi connectivity index (χ2v) is 6.06. The molecule has 1 saturated heterocycles. The van der Waals surface area contributed by atoms with Gasteiger partial charge in [-0.05, 0) is 29.8 Å². The van der Waals surface area contributed by atoms with Crippen molar-refractivity contribution in [1.82, 2.24) is 15.2 Å². The van der Waals surface area contributed by atoms with Gasteiger partial charge in [0.1, 0.15) is 5.82 Å². The standard InChI is InChI=1S/C17H18ClFN4O/c18-14-8-13(19)3-4-15(14)22-17(24)11-23-7-6-21-10-16(23)12-2-1-5-20-9-12/h1-5,8-9,16,21H,6-7,10-11H2,(H,22,24). The summed E-state index contributed by atoms with van der Waals surface area (Å²) >= 11 is 5.95. The van der Waals surface area contributed by atoms with Crippen molar-refractivity contribution < 1.29 is 9.18 Å². The minimum atomic E-state index is -0.434. The van der Waals surface area contributed by atoms with E-state index in [1.165, 1.54) is 18.2 Å². The summed E-state index contributed by atoms with van der Waals surface area (Å²) in [6, 6.07) is 7.89. The van der Waals surface area contributed by atoms with Gasteiger partial charge < -0.3 is 10.6 Å². The van der Waals surface area contributed by atoms with E-state index in [1.54, 1.807) is 6.20 Å². The van der Waals surface area contributed by atoms with Crippen LogP contribution in [0.2, 0.25) is 5.02 Å². The molecule has 126 valence electrons. The molecule has 2 N–H and O–H groups in total. The fourth-order valence-corrected chi connectivity index (χ4v) is 3.02. The number of nitrogens with zero attached hydrogens (tertiary/aromatic N) is 2. The van der Waals surface area contributed by atoms with E-state index >= 15 is 0 Å². The lowest BCUT2D eigenvalue weighted by atomic mass is 10.1. The van der Waals surface area contributed by atoms with Crippen LogP contribution in [-0.2, 0) is 4.79 Å². The molecule has 2 heterocycles. The maximum atomic E-state index is 13.1. The lowest BCUT2D eigenvalue weighted by molar-refractivity contribution is -0.118. The van der Waals surface area contributed by atoms with Crippen molar-refractivity contribution in [3.63, 3.8) is 0 Å². The lowest BCUT2D eigenvalue weighted by Gasteiger charge is -2.35. The molecule has 1 unspecified atom stereocenters. The van der Waals surface area contributed by atoms with E-state index in [1.807, 2.05) is 18.3 Å². The summed E-state index contributed by atoms with van der Waals surface area (Å²) in [6.07, 6.45) is 3.55. The Balaban J connectivity index is 1.67. The molecule has 1 fully saturated rings. The second-order valence-electron chi connectivity index (χ2n) is 5.65. The number of benzene rings is 1. The van der Waals surface area contributed by atoms with E-state index < -0.39 is 5.82 Å². The molecule has 1 aliphatic rings. The van der Waals surface area contributed by atoms with E-state index in [4.69, 9.17) is 11.6 Å². The second kappa shape index (κ2) is 7.70. The molecular formula is C17H18ClFN4O. The normalized spacial score (nSPS) is 18.3. The Morgan fingerprint density at radius 1 is 1.46 bits per heavy atom. The van der Waals surface area contributed by atoms with Gasteiger partial charge in [-0.3, -0.25) is 14.7 Å². The largest absolute Gasteiger partial charge is 0.324 e. The minimum Gasteiger partial charge on any atom is -0.324 e. The van der Waals surface area contributed by atoms with Gasteiger partial charge in [0, 0.05) is 38.1 Å². The summed E-state index contributed by atoms with van der Waals surface area (Å²) in [5.41, 5.74) is 1.48. The molecule has 3 rings (SSSR count). The van der Waals surface area contributed by atoms with Crippen molar-refractivity contribution in [1.29, 1.82) is 0 Å². The van der Waals surface area contributed by atoms with Gasteiger partial charge in [-0.15, -0.1) is 0 Å². The average molecular weight is 349 g/mol. The molecule has 2 aromatic rings.